The van der Waals surface area contributed by atoms with Gasteiger partial charge < -0.3 is 5.32 Å². The zero-order valence-electron chi connectivity index (χ0n) is 12.4. The van der Waals surface area contributed by atoms with Gasteiger partial charge in [0, 0.05) is 17.1 Å². The Balaban J connectivity index is 2.30. The van der Waals surface area contributed by atoms with E-state index in [1.165, 1.54) is 25.7 Å². The van der Waals surface area contributed by atoms with E-state index >= 15 is 0 Å². The summed E-state index contributed by atoms with van der Waals surface area (Å²) in [4.78, 5) is 11.8. The predicted molar refractivity (Wildman–Crippen MR) is 86.8 cm³/mol. The number of halogens is 1. The van der Waals surface area contributed by atoms with Crippen LogP contribution in [-0.4, -0.2) is 11.9 Å². The van der Waals surface area contributed by atoms with Gasteiger partial charge in [0.05, 0.1) is 0 Å². The fourth-order valence-corrected chi connectivity index (χ4v) is 2.11. The molecule has 0 spiro atoms. The minimum absolute atomic E-state index is 0.0389. The van der Waals surface area contributed by atoms with Gasteiger partial charge in [-0.1, -0.05) is 56.3 Å². The van der Waals surface area contributed by atoms with Crippen molar-refractivity contribution >= 4 is 23.6 Å². The first kappa shape index (κ1) is 16.8. The maximum atomic E-state index is 11.8. The number of rotatable bonds is 8. The molecule has 1 amide bonds. The van der Waals surface area contributed by atoms with Crippen LogP contribution in [0, 0.1) is 0 Å². The second-order valence-corrected chi connectivity index (χ2v) is 5.58. The first-order chi connectivity index (χ1) is 9.61. The molecule has 1 unspecified atom stereocenters. The normalized spacial score (nSPS) is 12.6. The third-order valence-electron chi connectivity index (χ3n) is 3.18. The summed E-state index contributed by atoms with van der Waals surface area (Å²) < 4.78 is 0. The van der Waals surface area contributed by atoms with Crippen LogP contribution in [0.25, 0.3) is 6.08 Å². The number of hydrogen-bond acceptors (Lipinski definition) is 1. The van der Waals surface area contributed by atoms with Gasteiger partial charge in [0.1, 0.15) is 0 Å². The molecule has 20 heavy (non-hydrogen) atoms. The first-order valence-corrected chi connectivity index (χ1v) is 7.73. The lowest BCUT2D eigenvalue weighted by Gasteiger charge is -2.11. The Kier molecular flexibility index (Phi) is 8.05. The summed E-state index contributed by atoms with van der Waals surface area (Å²) in [7, 11) is 0. The van der Waals surface area contributed by atoms with E-state index in [4.69, 9.17) is 11.6 Å². The molecule has 1 N–H and O–H groups in total. The molecule has 0 bridgehead atoms. The van der Waals surface area contributed by atoms with Gasteiger partial charge in [-0.15, -0.1) is 0 Å². The molecule has 0 radical (unpaired) electrons. The predicted octanol–water partition coefficient (Wildman–Crippen LogP) is 4.83. The topological polar surface area (TPSA) is 29.1 Å². The average molecular weight is 294 g/mol. The van der Waals surface area contributed by atoms with E-state index in [9.17, 15) is 4.79 Å². The number of benzene rings is 1. The molecular formula is C17H24ClNO. The zero-order valence-corrected chi connectivity index (χ0v) is 13.1. The summed E-state index contributed by atoms with van der Waals surface area (Å²) in [5.74, 6) is -0.0389. The highest BCUT2D eigenvalue weighted by Gasteiger charge is 2.04. The van der Waals surface area contributed by atoms with E-state index in [2.05, 4.69) is 19.2 Å². The fraction of sp³-hybridized carbons (Fsp3) is 0.471. The molecule has 0 saturated heterocycles. The lowest BCUT2D eigenvalue weighted by molar-refractivity contribution is -0.117. The first-order valence-electron chi connectivity index (χ1n) is 7.36. The minimum Gasteiger partial charge on any atom is -0.350 e. The van der Waals surface area contributed by atoms with E-state index in [1.54, 1.807) is 12.2 Å². The van der Waals surface area contributed by atoms with Crippen LogP contribution in [0.1, 0.15) is 51.5 Å². The number of amides is 1. The molecule has 3 heteroatoms. The summed E-state index contributed by atoms with van der Waals surface area (Å²) in [6, 6.07) is 7.64. The lowest BCUT2D eigenvalue weighted by atomic mass is 10.1. The van der Waals surface area contributed by atoms with Crippen LogP contribution < -0.4 is 5.32 Å². The van der Waals surface area contributed by atoms with Crippen molar-refractivity contribution < 1.29 is 4.79 Å². The second kappa shape index (κ2) is 9.60. The third-order valence-corrected chi connectivity index (χ3v) is 3.43. The molecule has 1 aromatic carbocycles. The fourth-order valence-electron chi connectivity index (χ4n) is 1.99. The van der Waals surface area contributed by atoms with E-state index in [-0.39, 0.29) is 11.9 Å². The highest BCUT2D eigenvalue weighted by atomic mass is 35.5. The summed E-state index contributed by atoms with van der Waals surface area (Å²) in [5.41, 5.74) is 0.972. The Hall–Kier alpha value is -1.28. The highest BCUT2D eigenvalue weighted by molar-refractivity contribution is 6.30. The van der Waals surface area contributed by atoms with Crippen molar-refractivity contribution in [3.8, 4) is 0 Å². The van der Waals surface area contributed by atoms with E-state index < -0.39 is 0 Å². The van der Waals surface area contributed by atoms with Gasteiger partial charge in [-0.25, -0.2) is 0 Å². The second-order valence-electron chi connectivity index (χ2n) is 5.14. The summed E-state index contributed by atoms with van der Waals surface area (Å²) in [5, 5.41) is 3.69. The summed E-state index contributed by atoms with van der Waals surface area (Å²) in [6.45, 7) is 4.26. The number of unbranched alkanes of at least 4 members (excludes halogenated alkanes) is 3. The average Bonchev–Trinajstić information content (AvgIpc) is 2.43. The number of carbonyl (C=O) groups excluding carboxylic acids is 1. The molecule has 0 fully saturated rings. The minimum atomic E-state index is -0.0389. The van der Waals surface area contributed by atoms with Crippen molar-refractivity contribution in [1.82, 2.24) is 5.32 Å². The molecule has 0 aliphatic heterocycles. The molecule has 2 nitrogen and oxygen atoms in total. The smallest absolute Gasteiger partial charge is 0.244 e. The van der Waals surface area contributed by atoms with Gasteiger partial charge >= 0.3 is 0 Å². The monoisotopic (exact) mass is 293 g/mol. The molecule has 1 rings (SSSR count). The van der Waals surface area contributed by atoms with Gasteiger partial charge in [-0.05, 0) is 37.1 Å². The quantitative estimate of drug-likeness (QED) is 0.540. The van der Waals surface area contributed by atoms with Crippen LogP contribution in [0.3, 0.4) is 0 Å². The highest BCUT2D eigenvalue weighted by Crippen LogP contribution is 2.10. The van der Waals surface area contributed by atoms with Crippen LogP contribution in [0.15, 0.2) is 30.3 Å². The molecule has 0 aliphatic rings. The maximum absolute atomic E-state index is 11.8. The molecule has 1 aromatic rings. The van der Waals surface area contributed by atoms with E-state index in [1.807, 2.05) is 24.3 Å². The van der Waals surface area contributed by atoms with Gasteiger partial charge in [0.2, 0.25) is 5.91 Å². The van der Waals surface area contributed by atoms with Crippen molar-refractivity contribution in [2.45, 2.75) is 52.0 Å². The van der Waals surface area contributed by atoms with Crippen LogP contribution in [0.4, 0.5) is 0 Å². The maximum Gasteiger partial charge on any atom is 0.244 e. The van der Waals surface area contributed by atoms with Gasteiger partial charge in [-0.3, -0.25) is 4.79 Å². The third kappa shape index (κ3) is 7.34. The Morgan fingerprint density at radius 3 is 2.60 bits per heavy atom. The van der Waals surface area contributed by atoms with Crippen LogP contribution in [0.2, 0.25) is 5.02 Å². The Morgan fingerprint density at radius 2 is 1.95 bits per heavy atom. The van der Waals surface area contributed by atoms with Gasteiger partial charge in [0.25, 0.3) is 0 Å². The molecule has 0 saturated carbocycles. The molecule has 0 aliphatic carbocycles. The van der Waals surface area contributed by atoms with E-state index in [0.29, 0.717) is 5.02 Å². The molecule has 0 heterocycles. The van der Waals surface area contributed by atoms with Crippen molar-refractivity contribution in [2.75, 3.05) is 0 Å². The summed E-state index contributed by atoms with van der Waals surface area (Å²) >= 11 is 5.81. The van der Waals surface area contributed by atoms with Gasteiger partial charge in [0.15, 0.2) is 0 Å². The van der Waals surface area contributed by atoms with Crippen molar-refractivity contribution in [1.29, 1.82) is 0 Å². The summed E-state index contributed by atoms with van der Waals surface area (Å²) in [6.07, 6.45) is 9.36. The van der Waals surface area contributed by atoms with Crippen LogP contribution in [-0.2, 0) is 4.79 Å². The Bertz CT molecular complexity index is 425. The Morgan fingerprint density at radius 1 is 1.25 bits per heavy atom. The number of nitrogens with one attached hydrogen (secondary N) is 1. The van der Waals surface area contributed by atoms with Crippen LogP contribution >= 0.6 is 11.6 Å². The van der Waals surface area contributed by atoms with E-state index in [0.717, 1.165) is 12.0 Å². The standard InChI is InChI=1S/C17H24ClNO/c1-3-4-5-6-7-14(2)19-17(20)13-10-15-8-11-16(18)12-9-15/h8-14H,3-7H2,1-2H3,(H,19,20)/b13-10+. The molecule has 1 atom stereocenters. The largest absolute Gasteiger partial charge is 0.350 e. The van der Waals surface area contributed by atoms with Crippen molar-refractivity contribution in [2.24, 2.45) is 0 Å². The molecule has 110 valence electrons. The van der Waals surface area contributed by atoms with Crippen molar-refractivity contribution in [3.05, 3.63) is 40.9 Å². The number of carbonyl (C=O) groups is 1. The van der Waals surface area contributed by atoms with Crippen molar-refractivity contribution in [3.63, 3.8) is 0 Å². The zero-order chi connectivity index (χ0) is 14.8. The Labute approximate surface area is 127 Å². The lowest BCUT2D eigenvalue weighted by Crippen LogP contribution is -2.30. The SMILES string of the molecule is CCCCCCC(C)NC(=O)/C=C/c1ccc(Cl)cc1. The number of hydrogen-bond donors (Lipinski definition) is 1. The molecular weight excluding hydrogens is 270 g/mol. The molecule has 0 aromatic heterocycles. The van der Waals surface area contributed by atoms with Crippen LogP contribution in [0.5, 0.6) is 0 Å². The van der Waals surface area contributed by atoms with Gasteiger partial charge in [-0.2, -0.15) is 0 Å².